The van der Waals surface area contributed by atoms with Crippen LogP contribution >= 0.6 is 0 Å². The van der Waals surface area contributed by atoms with Crippen LogP contribution in [-0.2, 0) is 0 Å². The van der Waals surface area contributed by atoms with Gasteiger partial charge in [-0.05, 0) is 50.0 Å². The predicted molar refractivity (Wildman–Crippen MR) is 52.1 cm³/mol. The maximum absolute atomic E-state index is 3.46. The summed E-state index contributed by atoms with van der Waals surface area (Å²) in [5.41, 5.74) is 1.33. The second-order valence-corrected chi connectivity index (χ2v) is 5.69. The van der Waals surface area contributed by atoms with Crippen molar-refractivity contribution in [3.63, 3.8) is 0 Å². The summed E-state index contributed by atoms with van der Waals surface area (Å²) >= 11 is 0. The van der Waals surface area contributed by atoms with Gasteiger partial charge in [0.25, 0.3) is 0 Å². The van der Waals surface area contributed by atoms with Crippen molar-refractivity contribution < 1.29 is 0 Å². The van der Waals surface area contributed by atoms with Crippen molar-refractivity contribution in [3.8, 4) is 0 Å². The lowest BCUT2D eigenvalue weighted by Gasteiger charge is -2.40. The molecule has 0 saturated heterocycles. The lowest BCUT2D eigenvalue weighted by atomic mass is 9.69. The zero-order valence-electron chi connectivity index (χ0n) is 8.61. The van der Waals surface area contributed by atoms with E-state index < -0.39 is 0 Å². The highest BCUT2D eigenvalue weighted by atomic mass is 14.9. The Morgan fingerprint density at radius 1 is 1.08 bits per heavy atom. The molecule has 0 amide bonds. The van der Waals surface area contributed by atoms with Crippen LogP contribution in [0.15, 0.2) is 0 Å². The zero-order valence-corrected chi connectivity index (χ0v) is 8.61. The van der Waals surface area contributed by atoms with Crippen molar-refractivity contribution in [2.75, 3.05) is 7.05 Å². The quantitative estimate of drug-likeness (QED) is 0.633. The zero-order chi connectivity index (χ0) is 8.82. The summed E-state index contributed by atoms with van der Waals surface area (Å²) in [6.07, 6.45) is 7.19. The first-order valence-electron chi connectivity index (χ1n) is 5.23. The van der Waals surface area contributed by atoms with Crippen molar-refractivity contribution in [1.29, 1.82) is 0 Å². The van der Waals surface area contributed by atoms with Crippen LogP contribution in [0.5, 0.6) is 0 Å². The largest absolute Gasteiger partial charge is 0.317 e. The monoisotopic (exact) mass is 167 g/mol. The molecule has 2 aliphatic carbocycles. The van der Waals surface area contributed by atoms with Gasteiger partial charge in [0.2, 0.25) is 0 Å². The van der Waals surface area contributed by atoms with Gasteiger partial charge in [-0.15, -0.1) is 0 Å². The third kappa shape index (κ3) is 1.28. The maximum Gasteiger partial charge on any atom is 0.00744 e. The molecule has 12 heavy (non-hydrogen) atoms. The molecule has 0 radical (unpaired) electrons. The number of nitrogens with one attached hydrogen (secondary N) is 1. The van der Waals surface area contributed by atoms with Crippen LogP contribution in [0.1, 0.15) is 46.0 Å². The highest BCUT2D eigenvalue weighted by molar-refractivity contribution is 5.01. The van der Waals surface area contributed by atoms with Gasteiger partial charge < -0.3 is 5.32 Å². The fourth-order valence-electron chi connectivity index (χ4n) is 3.63. The van der Waals surface area contributed by atoms with E-state index in [1.165, 1.54) is 32.1 Å². The maximum atomic E-state index is 3.46. The second kappa shape index (κ2) is 2.47. The molecular weight excluding hydrogens is 146 g/mol. The summed E-state index contributed by atoms with van der Waals surface area (Å²) in [4.78, 5) is 0. The molecule has 70 valence electrons. The van der Waals surface area contributed by atoms with E-state index in [1.54, 1.807) is 0 Å². The lowest BCUT2D eigenvalue weighted by Crippen LogP contribution is -2.39. The molecular formula is C11H21N. The topological polar surface area (TPSA) is 12.0 Å². The van der Waals surface area contributed by atoms with E-state index >= 15 is 0 Å². The predicted octanol–water partition coefficient (Wildman–Crippen LogP) is 2.56. The third-order valence-corrected chi connectivity index (χ3v) is 4.07. The number of hydrogen-bond donors (Lipinski definition) is 1. The Morgan fingerprint density at radius 2 is 1.58 bits per heavy atom. The standard InChI is InChI=1S/C11H21N/c1-10-4-5-11(2,8-10)7-9(6-10)12-3/h9,12H,4-8H2,1-3H3/t9-,10-,11+. The Balaban J connectivity index is 2.16. The minimum Gasteiger partial charge on any atom is -0.317 e. The normalized spacial score (nSPS) is 52.8. The molecule has 1 nitrogen and oxygen atoms in total. The molecule has 3 atom stereocenters. The van der Waals surface area contributed by atoms with E-state index in [0.29, 0.717) is 10.8 Å². The summed E-state index contributed by atoms with van der Waals surface area (Å²) < 4.78 is 0. The average molecular weight is 167 g/mol. The molecule has 0 unspecified atom stereocenters. The van der Waals surface area contributed by atoms with Gasteiger partial charge in [0, 0.05) is 6.04 Å². The molecule has 0 aliphatic heterocycles. The summed E-state index contributed by atoms with van der Waals surface area (Å²) in [6, 6.07) is 0.788. The van der Waals surface area contributed by atoms with Crippen LogP contribution in [0.3, 0.4) is 0 Å². The molecule has 0 spiro atoms. The van der Waals surface area contributed by atoms with Gasteiger partial charge in [-0.2, -0.15) is 0 Å². The lowest BCUT2D eigenvalue weighted by molar-refractivity contribution is 0.137. The van der Waals surface area contributed by atoms with Gasteiger partial charge in [0.05, 0.1) is 0 Å². The first-order valence-corrected chi connectivity index (χ1v) is 5.23. The van der Waals surface area contributed by atoms with Crippen LogP contribution in [-0.4, -0.2) is 13.1 Å². The highest BCUT2D eigenvalue weighted by Gasteiger charge is 2.48. The summed E-state index contributed by atoms with van der Waals surface area (Å²) in [5.74, 6) is 0. The van der Waals surface area contributed by atoms with Gasteiger partial charge in [-0.1, -0.05) is 13.8 Å². The molecule has 0 aromatic carbocycles. The van der Waals surface area contributed by atoms with Gasteiger partial charge >= 0.3 is 0 Å². The van der Waals surface area contributed by atoms with Gasteiger partial charge in [0.15, 0.2) is 0 Å². The fraction of sp³-hybridized carbons (Fsp3) is 1.00. The molecule has 0 aromatic rings. The number of hydrogen-bond acceptors (Lipinski definition) is 1. The van der Waals surface area contributed by atoms with E-state index in [9.17, 15) is 0 Å². The average Bonchev–Trinajstić information content (AvgIpc) is 2.20. The van der Waals surface area contributed by atoms with Crippen molar-refractivity contribution in [1.82, 2.24) is 5.32 Å². The first kappa shape index (κ1) is 8.55. The molecule has 1 heteroatoms. The number of rotatable bonds is 1. The fourth-order valence-corrected chi connectivity index (χ4v) is 3.63. The minimum absolute atomic E-state index is 0.667. The van der Waals surface area contributed by atoms with Crippen LogP contribution in [0, 0.1) is 10.8 Å². The molecule has 2 bridgehead atoms. The van der Waals surface area contributed by atoms with E-state index in [-0.39, 0.29) is 0 Å². The van der Waals surface area contributed by atoms with Crippen molar-refractivity contribution in [2.45, 2.75) is 52.0 Å². The van der Waals surface area contributed by atoms with Crippen LogP contribution < -0.4 is 5.32 Å². The van der Waals surface area contributed by atoms with Crippen LogP contribution in [0.2, 0.25) is 0 Å². The molecule has 2 aliphatic rings. The van der Waals surface area contributed by atoms with Crippen LogP contribution in [0.4, 0.5) is 0 Å². The Hall–Kier alpha value is -0.0400. The van der Waals surface area contributed by atoms with Crippen molar-refractivity contribution >= 4 is 0 Å². The molecule has 2 saturated carbocycles. The Bertz CT molecular complexity index is 171. The Labute approximate surface area is 75.9 Å². The SMILES string of the molecule is CN[C@H]1C[C@]2(C)CC[C@](C)(C1)C2. The summed E-state index contributed by atoms with van der Waals surface area (Å²) in [5, 5.41) is 3.46. The summed E-state index contributed by atoms with van der Waals surface area (Å²) in [7, 11) is 2.11. The highest BCUT2D eigenvalue weighted by Crippen LogP contribution is 2.57. The Morgan fingerprint density at radius 3 is 2.00 bits per heavy atom. The molecule has 0 aromatic heterocycles. The van der Waals surface area contributed by atoms with Crippen LogP contribution in [0.25, 0.3) is 0 Å². The first-order chi connectivity index (χ1) is 5.55. The smallest absolute Gasteiger partial charge is 0.00744 e. The Kier molecular flexibility index (Phi) is 1.76. The van der Waals surface area contributed by atoms with Gasteiger partial charge in [-0.3, -0.25) is 0 Å². The molecule has 2 fully saturated rings. The van der Waals surface area contributed by atoms with E-state index in [4.69, 9.17) is 0 Å². The van der Waals surface area contributed by atoms with Gasteiger partial charge in [0.1, 0.15) is 0 Å². The second-order valence-electron chi connectivity index (χ2n) is 5.69. The van der Waals surface area contributed by atoms with E-state index in [1.807, 2.05) is 0 Å². The third-order valence-electron chi connectivity index (χ3n) is 4.07. The molecule has 0 heterocycles. The van der Waals surface area contributed by atoms with Gasteiger partial charge in [-0.25, -0.2) is 0 Å². The minimum atomic E-state index is 0.667. The van der Waals surface area contributed by atoms with E-state index in [0.717, 1.165) is 6.04 Å². The molecule has 2 rings (SSSR count). The molecule has 1 N–H and O–H groups in total. The van der Waals surface area contributed by atoms with Crippen molar-refractivity contribution in [3.05, 3.63) is 0 Å². The summed E-state index contributed by atoms with van der Waals surface area (Å²) in [6.45, 7) is 4.95. The van der Waals surface area contributed by atoms with E-state index in [2.05, 4.69) is 26.2 Å². The number of fused-ring (bicyclic) bond motifs is 2. The van der Waals surface area contributed by atoms with Crippen molar-refractivity contribution in [2.24, 2.45) is 10.8 Å².